The van der Waals surface area contributed by atoms with Gasteiger partial charge in [0.15, 0.2) is 11.6 Å². The zero-order valence-corrected chi connectivity index (χ0v) is 13.4. The van der Waals surface area contributed by atoms with E-state index in [1.54, 1.807) is 6.07 Å². The molecule has 2 unspecified atom stereocenters. The van der Waals surface area contributed by atoms with Gasteiger partial charge in [0.05, 0.1) is 0 Å². The average molecular weight is 296 g/mol. The first-order valence-corrected chi connectivity index (χ1v) is 7.68. The van der Waals surface area contributed by atoms with Crippen LogP contribution >= 0.6 is 0 Å². The first kappa shape index (κ1) is 16.2. The highest BCUT2D eigenvalue weighted by Crippen LogP contribution is 2.25. The fourth-order valence-electron chi connectivity index (χ4n) is 2.84. The molecule has 1 aromatic rings. The van der Waals surface area contributed by atoms with E-state index in [9.17, 15) is 8.78 Å². The molecule has 2 nitrogen and oxygen atoms in total. The van der Waals surface area contributed by atoms with Crippen LogP contribution in [0.5, 0.6) is 0 Å². The van der Waals surface area contributed by atoms with E-state index >= 15 is 0 Å². The van der Waals surface area contributed by atoms with Gasteiger partial charge in [0, 0.05) is 37.4 Å². The molecule has 0 aromatic heterocycles. The Labute approximate surface area is 126 Å². The average Bonchev–Trinajstić information content (AvgIpc) is 2.38. The van der Waals surface area contributed by atoms with Crippen molar-refractivity contribution in [2.24, 2.45) is 11.3 Å². The van der Waals surface area contributed by atoms with Crippen molar-refractivity contribution in [1.82, 2.24) is 5.32 Å². The number of nitrogens with one attached hydrogen (secondary N) is 1. The number of anilines is 1. The van der Waals surface area contributed by atoms with Gasteiger partial charge in [-0.25, -0.2) is 8.78 Å². The maximum atomic E-state index is 13.4. The summed E-state index contributed by atoms with van der Waals surface area (Å²) < 4.78 is 26.5. The Kier molecular flexibility index (Phi) is 4.87. The van der Waals surface area contributed by atoms with E-state index in [0.29, 0.717) is 12.0 Å². The molecule has 1 N–H and O–H groups in total. The molecular formula is C17H26F2N2. The Morgan fingerprint density at radius 1 is 1.19 bits per heavy atom. The molecule has 1 aliphatic heterocycles. The number of benzene rings is 1. The zero-order chi connectivity index (χ0) is 15.6. The molecule has 1 aliphatic rings. The fourth-order valence-corrected chi connectivity index (χ4v) is 2.84. The minimum Gasteiger partial charge on any atom is -0.370 e. The van der Waals surface area contributed by atoms with Gasteiger partial charge in [-0.2, -0.15) is 0 Å². The molecule has 0 saturated carbocycles. The third-order valence-corrected chi connectivity index (χ3v) is 3.85. The summed E-state index contributed by atoms with van der Waals surface area (Å²) in [7, 11) is 0. The second-order valence-corrected chi connectivity index (χ2v) is 7.48. The summed E-state index contributed by atoms with van der Waals surface area (Å²) in [5.74, 6) is -1.03. The molecule has 0 bridgehead atoms. The Balaban J connectivity index is 2.04. The van der Waals surface area contributed by atoms with Gasteiger partial charge in [-0.3, -0.25) is 0 Å². The predicted molar refractivity (Wildman–Crippen MR) is 83.6 cm³/mol. The molecule has 0 amide bonds. The summed E-state index contributed by atoms with van der Waals surface area (Å²) >= 11 is 0. The Bertz CT molecular complexity index is 482. The van der Waals surface area contributed by atoms with Gasteiger partial charge < -0.3 is 10.2 Å². The van der Waals surface area contributed by atoms with E-state index in [4.69, 9.17) is 0 Å². The van der Waals surface area contributed by atoms with Crippen LogP contribution < -0.4 is 10.2 Å². The van der Waals surface area contributed by atoms with E-state index in [0.717, 1.165) is 31.7 Å². The molecule has 1 saturated heterocycles. The second kappa shape index (κ2) is 6.30. The van der Waals surface area contributed by atoms with Gasteiger partial charge in [0.2, 0.25) is 0 Å². The topological polar surface area (TPSA) is 15.3 Å². The van der Waals surface area contributed by atoms with Crippen molar-refractivity contribution in [3.8, 4) is 0 Å². The quantitative estimate of drug-likeness (QED) is 0.912. The molecule has 0 aliphatic carbocycles. The van der Waals surface area contributed by atoms with Gasteiger partial charge in [-0.1, -0.05) is 27.7 Å². The summed E-state index contributed by atoms with van der Waals surface area (Å²) in [5.41, 5.74) is 1.01. The number of hydrogen-bond acceptors (Lipinski definition) is 2. The normalized spacial score (nSPS) is 23.4. The zero-order valence-electron chi connectivity index (χ0n) is 13.4. The van der Waals surface area contributed by atoms with Crippen molar-refractivity contribution in [3.63, 3.8) is 0 Å². The van der Waals surface area contributed by atoms with Crippen molar-refractivity contribution in [2.45, 2.75) is 40.2 Å². The van der Waals surface area contributed by atoms with Crippen molar-refractivity contribution < 1.29 is 8.78 Å². The van der Waals surface area contributed by atoms with Crippen molar-refractivity contribution in [1.29, 1.82) is 0 Å². The van der Waals surface area contributed by atoms with Gasteiger partial charge in [0.25, 0.3) is 0 Å². The van der Waals surface area contributed by atoms with Gasteiger partial charge >= 0.3 is 0 Å². The minimum atomic E-state index is -0.786. The van der Waals surface area contributed by atoms with Crippen LogP contribution in [0.1, 0.15) is 34.1 Å². The Morgan fingerprint density at radius 3 is 2.52 bits per heavy atom. The van der Waals surface area contributed by atoms with Crippen molar-refractivity contribution in [3.05, 3.63) is 29.8 Å². The monoisotopic (exact) mass is 296 g/mol. The highest BCUT2D eigenvalue weighted by molar-refractivity contribution is 5.47. The summed E-state index contributed by atoms with van der Waals surface area (Å²) in [6, 6.07) is 4.56. The standard InChI is InChI=1S/C17H26F2N2/c1-12-7-13(20-11-17(2,3)4)10-21(9-12)14-5-6-15(18)16(19)8-14/h5-6,8,12-13,20H,7,9-11H2,1-4H3. The summed E-state index contributed by atoms with van der Waals surface area (Å²) in [5, 5.41) is 3.61. The number of hydrogen-bond donors (Lipinski definition) is 1. The van der Waals surface area contributed by atoms with Gasteiger partial charge in [-0.15, -0.1) is 0 Å². The largest absolute Gasteiger partial charge is 0.370 e. The molecule has 1 fully saturated rings. The smallest absolute Gasteiger partial charge is 0.160 e. The number of halogens is 2. The highest BCUT2D eigenvalue weighted by Gasteiger charge is 2.26. The van der Waals surface area contributed by atoms with Crippen LogP contribution in [0.2, 0.25) is 0 Å². The third kappa shape index (κ3) is 4.67. The van der Waals surface area contributed by atoms with Crippen molar-refractivity contribution in [2.75, 3.05) is 24.5 Å². The van der Waals surface area contributed by atoms with Crippen molar-refractivity contribution >= 4 is 5.69 Å². The molecule has 2 rings (SSSR count). The SMILES string of the molecule is CC1CC(NCC(C)(C)C)CN(c2ccc(F)c(F)c2)C1. The minimum absolute atomic E-state index is 0.244. The van der Waals surface area contributed by atoms with E-state index < -0.39 is 11.6 Å². The van der Waals surface area contributed by atoms with Crippen LogP contribution in [-0.2, 0) is 0 Å². The lowest BCUT2D eigenvalue weighted by Crippen LogP contribution is -2.50. The molecule has 0 spiro atoms. The summed E-state index contributed by atoms with van der Waals surface area (Å²) in [6.07, 6.45) is 1.12. The lowest BCUT2D eigenvalue weighted by Gasteiger charge is -2.39. The first-order chi connectivity index (χ1) is 9.74. The molecule has 1 aromatic carbocycles. The van der Waals surface area contributed by atoms with Crippen LogP contribution in [0.25, 0.3) is 0 Å². The Hall–Kier alpha value is -1.16. The summed E-state index contributed by atoms with van der Waals surface area (Å²) in [4.78, 5) is 2.15. The maximum Gasteiger partial charge on any atom is 0.160 e. The fraction of sp³-hybridized carbons (Fsp3) is 0.647. The summed E-state index contributed by atoms with van der Waals surface area (Å²) in [6.45, 7) is 11.5. The molecule has 4 heteroatoms. The van der Waals surface area contributed by atoms with E-state index in [-0.39, 0.29) is 5.41 Å². The van der Waals surface area contributed by atoms with E-state index in [1.807, 2.05) is 0 Å². The number of piperidine rings is 1. The Morgan fingerprint density at radius 2 is 1.90 bits per heavy atom. The highest BCUT2D eigenvalue weighted by atomic mass is 19.2. The van der Waals surface area contributed by atoms with Crippen LogP contribution in [0.3, 0.4) is 0 Å². The van der Waals surface area contributed by atoms with Crippen LogP contribution in [0, 0.1) is 23.0 Å². The van der Waals surface area contributed by atoms with Crippen LogP contribution in [0.4, 0.5) is 14.5 Å². The number of nitrogens with zero attached hydrogens (tertiary/aromatic N) is 1. The van der Waals surface area contributed by atoms with E-state index in [1.165, 1.54) is 12.1 Å². The lowest BCUT2D eigenvalue weighted by molar-refractivity contribution is 0.300. The van der Waals surface area contributed by atoms with Gasteiger partial charge in [-0.05, 0) is 29.9 Å². The molecule has 0 radical (unpaired) electrons. The maximum absolute atomic E-state index is 13.4. The van der Waals surface area contributed by atoms with E-state index in [2.05, 4.69) is 37.9 Å². The predicted octanol–water partition coefficient (Wildman–Crippen LogP) is 3.82. The van der Waals surface area contributed by atoms with Crippen LogP contribution in [-0.4, -0.2) is 25.7 Å². The lowest BCUT2D eigenvalue weighted by atomic mass is 9.92. The second-order valence-electron chi connectivity index (χ2n) is 7.48. The third-order valence-electron chi connectivity index (χ3n) is 3.85. The van der Waals surface area contributed by atoms with Gasteiger partial charge in [0.1, 0.15) is 0 Å². The molecule has 21 heavy (non-hydrogen) atoms. The molecule has 1 heterocycles. The molecular weight excluding hydrogens is 270 g/mol. The molecule has 2 atom stereocenters. The molecule has 118 valence electrons. The van der Waals surface area contributed by atoms with Crippen LogP contribution in [0.15, 0.2) is 18.2 Å². The number of rotatable bonds is 3. The first-order valence-electron chi connectivity index (χ1n) is 7.68.